The highest BCUT2D eigenvalue weighted by atomic mass is 16.2. The number of nitrogens with zero attached hydrogens (tertiary/aromatic N) is 2. The van der Waals surface area contributed by atoms with Crippen molar-refractivity contribution in [2.75, 3.05) is 6.54 Å². The maximum atomic E-state index is 11.9. The molecule has 1 atom stereocenters. The van der Waals surface area contributed by atoms with Crippen molar-refractivity contribution >= 4 is 6.03 Å². The molecular formula is C15H26N4O. The number of urea groups is 1. The molecule has 0 aliphatic heterocycles. The van der Waals surface area contributed by atoms with Crippen molar-refractivity contribution < 1.29 is 4.79 Å². The van der Waals surface area contributed by atoms with Crippen molar-refractivity contribution in [3.8, 4) is 0 Å². The van der Waals surface area contributed by atoms with Gasteiger partial charge in [-0.05, 0) is 37.2 Å². The first-order valence-corrected chi connectivity index (χ1v) is 7.51. The lowest BCUT2D eigenvalue weighted by molar-refractivity contribution is 0.222. The number of hydrogen-bond donors (Lipinski definition) is 2. The summed E-state index contributed by atoms with van der Waals surface area (Å²) in [4.78, 5) is 11.9. The summed E-state index contributed by atoms with van der Waals surface area (Å²) in [5.74, 6) is 0. The number of hydrogen-bond acceptors (Lipinski definition) is 2. The average Bonchev–Trinajstić information content (AvgIpc) is 2.92. The van der Waals surface area contributed by atoms with Gasteiger partial charge in [0.2, 0.25) is 0 Å². The van der Waals surface area contributed by atoms with Crippen LogP contribution in [0.15, 0.2) is 12.4 Å². The maximum absolute atomic E-state index is 11.9. The molecule has 0 unspecified atom stereocenters. The fourth-order valence-electron chi connectivity index (χ4n) is 2.84. The SMILES string of the molecule is Cc1cnn(CCCNC(=O)N[C@@H]2CCCC2(C)C)c1. The first kappa shape index (κ1) is 14.9. The Bertz CT molecular complexity index is 452. The zero-order valence-corrected chi connectivity index (χ0v) is 12.8. The second-order valence-electron chi connectivity index (χ2n) is 6.47. The summed E-state index contributed by atoms with van der Waals surface area (Å²) in [6.07, 6.45) is 8.24. The zero-order valence-electron chi connectivity index (χ0n) is 12.8. The van der Waals surface area contributed by atoms with Crippen LogP contribution in [-0.4, -0.2) is 28.4 Å². The highest BCUT2D eigenvalue weighted by Crippen LogP contribution is 2.36. The van der Waals surface area contributed by atoms with Crippen molar-refractivity contribution in [3.63, 3.8) is 0 Å². The minimum atomic E-state index is -0.0402. The number of rotatable bonds is 5. The van der Waals surface area contributed by atoms with Crippen LogP contribution in [0.2, 0.25) is 0 Å². The van der Waals surface area contributed by atoms with E-state index in [1.54, 1.807) is 0 Å². The Morgan fingerprint density at radius 1 is 1.55 bits per heavy atom. The molecule has 5 nitrogen and oxygen atoms in total. The standard InChI is InChI=1S/C15H26N4O/c1-12-10-17-19(11-12)9-5-8-16-14(20)18-13-6-4-7-15(13,2)3/h10-11,13H,4-9H2,1-3H3,(H2,16,18,20)/t13-/m1/s1. The van der Waals surface area contributed by atoms with Crippen LogP contribution in [0.5, 0.6) is 0 Å². The lowest BCUT2D eigenvalue weighted by Gasteiger charge is -2.27. The Morgan fingerprint density at radius 3 is 2.95 bits per heavy atom. The molecule has 1 aliphatic rings. The van der Waals surface area contributed by atoms with Crippen LogP contribution >= 0.6 is 0 Å². The topological polar surface area (TPSA) is 59.0 Å². The van der Waals surface area contributed by atoms with Gasteiger partial charge < -0.3 is 10.6 Å². The molecule has 1 aromatic heterocycles. The summed E-state index contributed by atoms with van der Waals surface area (Å²) in [6.45, 7) is 8.00. The quantitative estimate of drug-likeness (QED) is 0.813. The van der Waals surface area contributed by atoms with Crippen LogP contribution in [0.25, 0.3) is 0 Å². The molecule has 1 fully saturated rings. The third-order valence-corrected chi connectivity index (χ3v) is 4.17. The van der Waals surface area contributed by atoms with Gasteiger partial charge in [0.25, 0.3) is 0 Å². The molecule has 20 heavy (non-hydrogen) atoms. The molecular weight excluding hydrogens is 252 g/mol. The van der Waals surface area contributed by atoms with Crippen LogP contribution in [0, 0.1) is 12.3 Å². The van der Waals surface area contributed by atoms with Gasteiger partial charge in [0.15, 0.2) is 0 Å². The maximum Gasteiger partial charge on any atom is 0.315 e. The second-order valence-corrected chi connectivity index (χ2v) is 6.47. The van der Waals surface area contributed by atoms with Gasteiger partial charge in [0.05, 0.1) is 6.20 Å². The van der Waals surface area contributed by atoms with E-state index in [1.807, 2.05) is 24.0 Å². The van der Waals surface area contributed by atoms with Gasteiger partial charge in [-0.2, -0.15) is 5.10 Å². The van der Waals surface area contributed by atoms with E-state index in [0.29, 0.717) is 12.6 Å². The van der Waals surface area contributed by atoms with Crippen LogP contribution < -0.4 is 10.6 Å². The lowest BCUT2D eigenvalue weighted by atomic mass is 9.87. The van der Waals surface area contributed by atoms with E-state index in [9.17, 15) is 4.79 Å². The van der Waals surface area contributed by atoms with Gasteiger partial charge in [0.1, 0.15) is 0 Å². The first-order valence-electron chi connectivity index (χ1n) is 7.51. The largest absolute Gasteiger partial charge is 0.338 e. The van der Waals surface area contributed by atoms with E-state index >= 15 is 0 Å². The third-order valence-electron chi connectivity index (χ3n) is 4.17. The summed E-state index contributed by atoms with van der Waals surface area (Å²) in [5, 5.41) is 10.3. The predicted octanol–water partition coefficient (Wildman–Crippen LogP) is 2.46. The predicted molar refractivity (Wildman–Crippen MR) is 79.5 cm³/mol. The Labute approximate surface area is 121 Å². The number of aryl methyl sites for hydroxylation is 2. The molecule has 5 heteroatoms. The van der Waals surface area contributed by atoms with E-state index < -0.39 is 0 Å². The highest BCUT2D eigenvalue weighted by molar-refractivity contribution is 5.74. The normalized spacial score (nSPS) is 20.9. The molecule has 1 aliphatic carbocycles. The monoisotopic (exact) mass is 278 g/mol. The van der Waals surface area contributed by atoms with E-state index in [4.69, 9.17) is 0 Å². The van der Waals surface area contributed by atoms with E-state index in [1.165, 1.54) is 18.4 Å². The Hall–Kier alpha value is -1.52. The van der Waals surface area contributed by atoms with E-state index in [0.717, 1.165) is 19.4 Å². The van der Waals surface area contributed by atoms with Crippen molar-refractivity contribution in [3.05, 3.63) is 18.0 Å². The molecule has 0 saturated heterocycles. The molecule has 2 N–H and O–H groups in total. The van der Waals surface area contributed by atoms with Gasteiger partial charge in [0, 0.05) is 25.3 Å². The van der Waals surface area contributed by atoms with Gasteiger partial charge in [-0.25, -0.2) is 4.79 Å². The first-order chi connectivity index (χ1) is 9.47. The summed E-state index contributed by atoms with van der Waals surface area (Å²) < 4.78 is 1.91. The minimum absolute atomic E-state index is 0.0402. The number of carbonyl (C=O) groups excluding carboxylic acids is 1. The minimum Gasteiger partial charge on any atom is -0.338 e. The Balaban J connectivity index is 1.63. The summed E-state index contributed by atoms with van der Waals surface area (Å²) >= 11 is 0. The fraction of sp³-hybridized carbons (Fsp3) is 0.733. The van der Waals surface area contributed by atoms with Crippen LogP contribution in [0.3, 0.4) is 0 Å². The molecule has 0 radical (unpaired) electrons. The van der Waals surface area contributed by atoms with Gasteiger partial charge in [-0.1, -0.05) is 20.3 Å². The number of carbonyl (C=O) groups is 1. The molecule has 0 aromatic carbocycles. The van der Waals surface area contributed by atoms with Crippen molar-refractivity contribution in [2.24, 2.45) is 5.41 Å². The Morgan fingerprint density at radius 2 is 2.35 bits per heavy atom. The van der Waals surface area contributed by atoms with Crippen LogP contribution in [0.1, 0.15) is 45.1 Å². The molecule has 1 aromatic rings. The molecule has 1 heterocycles. The van der Waals surface area contributed by atoms with Crippen LogP contribution in [-0.2, 0) is 6.54 Å². The van der Waals surface area contributed by atoms with Gasteiger partial charge >= 0.3 is 6.03 Å². The van der Waals surface area contributed by atoms with E-state index in [-0.39, 0.29) is 11.4 Å². The van der Waals surface area contributed by atoms with Crippen LogP contribution in [0.4, 0.5) is 4.79 Å². The molecule has 2 amide bonds. The fourth-order valence-corrected chi connectivity index (χ4v) is 2.84. The number of nitrogens with one attached hydrogen (secondary N) is 2. The molecule has 1 saturated carbocycles. The number of aromatic nitrogens is 2. The van der Waals surface area contributed by atoms with Gasteiger partial charge in [-0.3, -0.25) is 4.68 Å². The molecule has 112 valence electrons. The summed E-state index contributed by atoms with van der Waals surface area (Å²) in [7, 11) is 0. The second kappa shape index (κ2) is 6.29. The average molecular weight is 278 g/mol. The van der Waals surface area contributed by atoms with E-state index in [2.05, 4.69) is 29.6 Å². The smallest absolute Gasteiger partial charge is 0.315 e. The third kappa shape index (κ3) is 3.99. The van der Waals surface area contributed by atoms with Crippen molar-refractivity contribution in [1.29, 1.82) is 0 Å². The Kier molecular flexibility index (Phi) is 4.68. The van der Waals surface area contributed by atoms with Crippen molar-refractivity contribution in [2.45, 2.75) is 59.0 Å². The van der Waals surface area contributed by atoms with Gasteiger partial charge in [-0.15, -0.1) is 0 Å². The lowest BCUT2D eigenvalue weighted by Crippen LogP contribution is -2.46. The molecule has 2 rings (SSSR count). The molecule has 0 spiro atoms. The number of amides is 2. The van der Waals surface area contributed by atoms with Crippen molar-refractivity contribution in [1.82, 2.24) is 20.4 Å². The summed E-state index contributed by atoms with van der Waals surface area (Å²) in [5.41, 5.74) is 1.39. The highest BCUT2D eigenvalue weighted by Gasteiger charge is 2.35. The summed E-state index contributed by atoms with van der Waals surface area (Å²) in [6, 6.07) is 0.262. The zero-order chi connectivity index (χ0) is 14.6. The molecule has 0 bridgehead atoms.